The Kier molecular flexibility index (Phi) is 21.4. The molecule has 21 heavy (non-hydrogen) atoms. The molecule has 0 atom stereocenters. The van der Waals surface area contributed by atoms with Crippen LogP contribution in [0, 0.1) is 14.9 Å². The standard InChI is InChI=1S/2C9H13.2CH3.Hf/c2*1-2-3-6-9-7-4-5-8-9;;;/h2*4-5,7-8H,2-3,6H2,1H3;2*1H3;/q4*-1;+4. The Bertz CT molecular complexity index is 318. The molecule has 2 aromatic rings. The molecule has 0 aliphatic rings. The van der Waals surface area contributed by atoms with Crippen molar-refractivity contribution in [2.45, 2.75) is 52.4 Å². The van der Waals surface area contributed by atoms with Gasteiger partial charge in [0, 0.05) is 0 Å². The Balaban J connectivity index is -0.000000270. The van der Waals surface area contributed by atoms with E-state index < -0.39 is 0 Å². The van der Waals surface area contributed by atoms with Gasteiger partial charge in [-0.3, -0.25) is 0 Å². The van der Waals surface area contributed by atoms with Crippen LogP contribution in [0.4, 0.5) is 0 Å². The number of rotatable bonds is 6. The molecule has 2 aromatic carbocycles. The molecule has 0 nitrogen and oxygen atoms in total. The summed E-state index contributed by atoms with van der Waals surface area (Å²) in [4.78, 5) is 0. The van der Waals surface area contributed by atoms with Crippen LogP contribution in [0.2, 0.25) is 0 Å². The Morgan fingerprint density at radius 2 is 0.905 bits per heavy atom. The van der Waals surface area contributed by atoms with Gasteiger partial charge in [0.1, 0.15) is 0 Å². The van der Waals surface area contributed by atoms with Crippen LogP contribution in [0.3, 0.4) is 0 Å². The largest absolute Gasteiger partial charge is 4.00 e. The summed E-state index contributed by atoms with van der Waals surface area (Å²) in [6.07, 6.45) is 7.75. The summed E-state index contributed by atoms with van der Waals surface area (Å²) >= 11 is 0. The van der Waals surface area contributed by atoms with Crippen LogP contribution in [0.25, 0.3) is 0 Å². The topological polar surface area (TPSA) is 0 Å². The van der Waals surface area contributed by atoms with E-state index in [1.165, 1.54) is 49.7 Å². The summed E-state index contributed by atoms with van der Waals surface area (Å²) in [7, 11) is 0. The first-order valence-electron chi connectivity index (χ1n) is 7.28. The fourth-order valence-corrected chi connectivity index (χ4v) is 1.92. The van der Waals surface area contributed by atoms with E-state index in [4.69, 9.17) is 0 Å². The van der Waals surface area contributed by atoms with Crippen molar-refractivity contribution >= 4 is 0 Å². The maximum absolute atomic E-state index is 2.23. The molecule has 0 fully saturated rings. The summed E-state index contributed by atoms with van der Waals surface area (Å²) in [5.74, 6) is 0. The maximum atomic E-state index is 2.23. The molecule has 2 rings (SSSR count). The molecule has 0 aromatic heterocycles. The van der Waals surface area contributed by atoms with Gasteiger partial charge in [-0.25, -0.2) is 24.3 Å². The van der Waals surface area contributed by atoms with E-state index >= 15 is 0 Å². The average molecular weight is 451 g/mol. The van der Waals surface area contributed by atoms with Gasteiger partial charge in [0.2, 0.25) is 0 Å². The van der Waals surface area contributed by atoms with Gasteiger partial charge in [-0.05, 0) is 0 Å². The number of unbranched alkanes of at least 4 members (excludes halogenated alkanes) is 2. The van der Waals surface area contributed by atoms with Crippen molar-refractivity contribution in [3.63, 3.8) is 0 Å². The van der Waals surface area contributed by atoms with E-state index in [0.717, 1.165) is 0 Å². The van der Waals surface area contributed by atoms with Gasteiger partial charge in [0.25, 0.3) is 0 Å². The molecule has 0 unspecified atom stereocenters. The molecule has 116 valence electrons. The van der Waals surface area contributed by atoms with Crippen molar-refractivity contribution < 1.29 is 25.8 Å². The first kappa shape index (κ1) is 25.5. The van der Waals surface area contributed by atoms with Gasteiger partial charge in [-0.15, -0.1) is 0 Å². The van der Waals surface area contributed by atoms with Gasteiger partial charge < -0.3 is 14.9 Å². The summed E-state index contributed by atoms with van der Waals surface area (Å²) < 4.78 is 0. The van der Waals surface area contributed by atoms with Crippen molar-refractivity contribution in [1.29, 1.82) is 0 Å². The van der Waals surface area contributed by atoms with Gasteiger partial charge >= 0.3 is 25.8 Å². The zero-order valence-electron chi connectivity index (χ0n) is 14.4. The Labute approximate surface area is 152 Å². The van der Waals surface area contributed by atoms with Crippen LogP contribution >= 0.6 is 0 Å². The molecule has 0 heterocycles. The predicted molar refractivity (Wildman–Crippen MR) is 94.1 cm³/mol. The maximum Gasteiger partial charge on any atom is 4.00 e. The van der Waals surface area contributed by atoms with E-state index in [1.807, 2.05) is 0 Å². The second kappa shape index (κ2) is 17.6. The van der Waals surface area contributed by atoms with Gasteiger partial charge in [-0.2, -0.15) is 35.4 Å². The number of aryl methyl sites for hydroxylation is 2. The van der Waals surface area contributed by atoms with Crippen molar-refractivity contribution in [3.8, 4) is 0 Å². The van der Waals surface area contributed by atoms with Gasteiger partial charge in [0.05, 0.1) is 0 Å². The van der Waals surface area contributed by atoms with E-state index in [0.29, 0.717) is 0 Å². The Hall–Kier alpha value is -0.430. The number of hydrogen-bond acceptors (Lipinski definition) is 0. The quantitative estimate of drug-likeness (QED) is 0.353. The van der Waals surface area contributed by atoms with Crippen LogP contribution in [-0.4, -0.2) is 0 Å². The monoisotopic (exact) mass is 452 g/mol. The summed E-state index contributed by atoms with van der Waals surface area (Å²) in [5, 5.41) is 0. The third kappa shape index (κ3) is 13.0. The molecule has 0 amide bonds. The molecule has 0 bridgehead atoms. The average Bonchev–Trinajstić information content (AvgIpc) is 3.07. The minimum atomic E-state index is 0. The third-order valence-electron chi connectivity index (χ3n) is 3.10. The van der Waals surface area contributed by atoms with Crippen LogP contribution in [0.1, 0.15) is 50.7 Å². The summed E-state index contributed by atoms with van der Waals surface area (Å²) in [5.41, 5.74) is 2.97. The molecule has 0 N–H and O–H groups in total. The molecule has 0 saturated heterocycles. The first-order valence-corrected chi connectivity index (χ1v) is 7.28. The molecule has 0 spiro atoms. The smallest absolute Gasteiger partial charge is 0.358 e. The van der Waals surface area contributed by atoms with Crippen molar-refractivity contribution in [2.75, 3.05) is 0 Å². The second-order valence-electron chi connectivity index (χ2n) is 4.79. The van der Waals surface area contributed by atoms with Crippen LogP contribution in [0.5, 0.6) is 0 Å². The molecule has 0 aliphatic carbocycles. The fourth-order valence-electron chi connectivity index (χ4n) is 1.92. The van der Waals surface area contributed by atoms with Crippen molar-refractivity contribution in [2.24, 2.45) is 0 Å². The molecule has 1 heteroatoms. The normalized spacial score (nSPS) is 8.48. The first-order chi connectivity index (χ1) is 8.86. The Morgan fingerprint density at radius 3 is 1.14 bits per heavy atom. The second-order valence-corrected chi connectivity index (χ2v) is 4.79. The van der Waals surface area contributed by atoms with Crippen molar-refractivity contribution in [3.05, 3.63) is 74.5 Å². The molecule has 0 aliphatic heterocycles. The third-order valence-corrected chi connectivity index (χ3v) is 3.10. The molecule has 0 saturated carbocycles. The SMILES string of the molecule is CCCC[c-]1cccc1.CCCC[c-]1cccc1.[CH3-].[CH3-].[Hf+4]. The van der Waals surface area contributed by atoms with E-state index in [-0.39, 0.29) is 40.7 Å². The van der Waals surface area contributed by atoms with E-state index in [1.54, 1.807) is 0 Å². The zero-order valence-corrected chi connectivity index (χ0v) is 18.0. The minimum Gasteiger partial charge on any atom is -0.358 e. The van der Waals surface area contributed by atoms with Crippen molar-refractivity contribution in [1.82, 2.24) is 0 Å². The van der Waals surface area contributed by atoms with Crippen LogP contribution in [0.15, 0.2) is 48.5 Å². The fraction of sp³-hybridized carbons (Fsp3) is 0.400. The van der Waals surface area contributed by atoms with Gasteiger partial charge in [-0.1, -0.05) is 52.4 Å². The summed E-state index contributed by atoms with van der Waals surface area (Å²) in [6.45, 7) is 4.45. The minimum absolute atomic E-state index is 0. The molecular weight excluding hydrogens is 419 g/mol. The molecule has 0 radical (unpaired) electrons. The molecular formula is C20H32Hf. The number of hydrogen-bond donors (Lipinski definition) is 0. The van der Waals surface area contributed by atoms with Gasteiger partial charge in [0.15, 0.2) is 0 Å². The zero-order chi connectivity index (χ0) is 13.1. The summed E-state index contributed by atoms with van der Waals surface area (Å²) in [6, 6.07) is 17.2. The van der Waals surface area contributed by atoms with Crippen LogP contribution < -0.4 is 0 Å². The van der Waals surface area contributed by atoms with Crippen LogP contribution in [-0.2, 0) is 38.7 Å². The predicted octanol–water partition coefficient (Wildman–Crippen LogP) is 6.39. The van der Waals surface area contributed by atoms with E-state index in [2.05, 4.69) is 62.4 Å². The Morgan fingerprint density at radius 1 is 0.619 bits per heavy atom. The van der Waals surface area contributed by atoms with E-state index in [9.17, 15) is 0 Å².